The molecule has 3 aromatic rings. The maximum Gasteiger partial charge on any atom is 0.255 e. The Morgan fingerprint density at radius 2 is 1.82 bits per heavy atom. The van der Waals surface area contributed by atoms with Crippen molar-refractivity contribution in [2.45, 2.75) is 39.4 Å². The van der Waals surface area contributed by atoms with E-state index in [0.717, 1.165) is 18.7 Å². The van der Waals surface area contributed by atoms with Crippen LogP contribution in [0, 0.1) is 0 Å². The Hall–Kier alpha value is -2.23. The van der Waals surface area contributed by atoms with Crippen LogP contribution in [-0.2, 0) is 13.1 Å². The van der Waals surface area contributed by atoms with Crippen LogP contribution in [0.15, 0.2) is 66.9 Å². The maximum atomic E-state index is 13.3. The molecule has 0 saturated heterocycles. The molecule has 28 heavy (non-hydrogen) atoms. The Morgan fingerprint density at radius 3 is 2.50 bits per heavy atom. The van der Waals surface area contributed by atoms with Crippen LogP contribution in [0.2, 0.25) is 10.0 Å². The minimum Gasteiger partial charge on any atom is -0.345 e. The molecule has 1 aromatic heterocycles. The molecule has 1 unspecified atom stereocenters. The lowest BCUT2D eigenvalue weighted by Crippen LogP contribution is -2.38. The molecule has 0 aliphatic carbocycles. The van der Waals surface area contributed by atoms with Crippen LogP contribution < -0.4 is 0 Å². The summed E-state index contributed by atoms with van der Waals surface area (Å²) in [7, 11) is 0. The first-order chi connectivity index (χ1) is 13.5. The van der Waals surface area contributed by atoms with E-state index in [4.69, 9.17) is 23.2 Å². The van der Waals surface area contributed by atoms with Crippen molar-refractivity contribution in [3.63, 3.8) is 0 Å². The number of halogens is 2. The van der Waals surface area contributed by atoms with Crippen LogP contribution in [0.4, 0.5) is 0 Å². The molecule has 3 nitrogen and oxygen atoms in total. The predicted molar refractivity (Wildman–Crippen MR) is 116 cm³/mol. The van der Waals surface area contributed by atoms with Crippen LogP contribution in [0.3, 0.4) is 0 Å². The Bertz CT molecular complexity index is 937. The number of rotatable bonds is 7. The Kier molecular flexibility index (Phi) is 6.82. The molecule has 1 atom stereocenters. The summed E-state index contributed by atoms with van der Waals surface area (Å²) in [4.78, 5) is 15.1. The zero-order chi connectivity index (χ0) is 20.1. The number of nitrogens with zero attached hydrogens (tertiary/aromatic N) is 2. The van der Waals surface area contributed by atoms with Gasteiger partial charge >= 0.3 is 0 Å². The second-order valence-corrected chi connectivity index (χ2v) is 7.77. The molecule has 0 radical (unpaired) electrons. The lowest BCUT2D eigenvalue weighted by molar-refractivity contribution is 0.0667. The van der Waals surface area contributed by atoms with Gasteiger partial charge in [0.05, 0.1) is 17.1 Å². The van der Waals surface area contributed by atoms with Crippen molar-refractivity contribution >= 4 is 29.1 Å². The fourth-order valence-corrected chi connectivity index (χ4v) is 3.66. The molecular weight excluding hydrogens is 391 g/mol. The summed E-state index contributed by atoms with van der Waals surface area (Å²) in [6, 6.07) is 19.5. The van der Waals surface area contributed by atoms with Gasteiger partial charge < -0.3 is 9.47 Å². The van der Waals surface area contributed by atoms with E-state index in [2.05, 4.69) is 42.8 Å². The van der Waals surface area contributed by atoms with Gasteiger partial charge in [-0.15, -0.1) is 0 Å². The topological polar surface area (TPSA) is 25.2 Å². The summed E-state index contributed by atoms with van der Waals surface area (Å²) >= 11 is 12.3. The molecule has 0 bridgehead atoms. The average Bonchev–Trinajstić information content (AvgIpc) is 3.12. The molecule has 2 aromatic carbocycles. The maximum absolute atomic E-state index is 13.3. The first kappa shape index (κ1) is 20.5. The lowest BCUT2D eigenvalue weighted by Gasteiger charge is -2.29. The third kappa shape index (κ3) is 4.78. The van der Waals surface area contributed by atoms with Crippen molar-refractivity contribution < 1.29 is 4.79 Å². The predicted octanol–water partition coefficient (Wildman–Crippen LogP) is 6.28. The van der Waals surface area contributed by atoms with Gasteiger partial charge in [0, 0.05) is 29.5 Å². The minimum atomic E-state index is -0.0801. The quantitative estimate of drug-likeness (QED) is 0.446. The van der Waals surface area contributed by atoms with Crippen LogP contribution in [0.25, 0.3) is 0 Å². The molecule has 5 heteroatoms. The second-order valence-electron chi connectivity index (χ2n) is 6.93. The zero-order valence-corrected chi connectivity index (χ0v) is 17.6. The molecule has 1 heterocycles. The van der Waals surface area contributed by atoms with E-state index >= 15 is 0 Å². The Balaban J connectivity index is 1.86. The number of carbonyl (C=O) groups is 1. The van der Waals surface area contributed by atoms with Crippen molar-refractivity contribution in [2.24, 2.45) is 0 Å². The highest BCUT2D eigenvalue weighted by atomic mass is 35.5. The van der Waals surface area contributed by atoms with Gasteiger partial charge in [0.15, 0.2) is 0 Å². The first-order valence-electron chi connectivity index (χ1n) is 9.43. The van der Waals surface area contributed by atoms with Gasteiger partial charge in [0.1, 0.15) is 0 Å². The molecule has 0 fully saturated rings. The summed E-state index contributed by atoms with van der Waals surface area (Å²) in [6.45, 7) is 5.43. The standard InChI is InChI=1S/C23H24Cl2N2O/c1-3-17(2)27(23(28)21-12-11-19(24)14-22(21)25)16-20-10-7-13-26(20)15-18-8-5-4-6-9-18/h4-14,17H,3,15-16H2,1-2H3. The van der Waals surface area contributed by atoms with E-state index in [1.54, 1.807) is 18.2 Å². The van der Waals surface area contributed by atoms with Crippen molar-refractivity contribution in [3.05, 3.63) is 93.7 Å². The van der Waals surface area contributed by atoms with Gasteiger partial charge in [-0.25, -0.2) is 0 Å². The van der Waals surface area contributed by atoms with Crippen molar-refractivity contribution in [1.29, 1.82) is 0 Å². The van der Waals surface area contributed by atoms with Gasteiger partial charge in [-0.2, -0.15) is 0 Å². The van der Waals surface area contributed by atoms with Gasteiger partial charge in [0.25, 0.3) is 5.91 Å². The van der Waals surface area contributed by atoms with E-state index in [0.29, 0.717) is 22.2 Å². The van der Waals surface area contributed by atoms with E-state index in [9.17, 15) is 4.79 Å². The third-order valence-electron chi connectivity index (χ3n) is 5.00. The molecule has 1 amide bonds. The SMILES string of the molecule is CCC(C)N(Cc1cccn1Cc1ccccc1)C(=O)c1ccc(Cl)cc1Cl. The molecular formula is C23H24Cl2N2O. The van der Waals surface area contributed by atoms with Gasteiger partial charge in [-0.05, 0) is 49.2 Å². The van der Waals surface area contributed by atoms with Gasteiger partial charge in [0.2, 0.25) is 0 Å². The molecule has 0 saturated carbocycles. The van der Waals surface area contributed by atoms with Crippen LogP contribution in [0.1, 0.15) is 41.9 Å². The number of amides is 1. The largest absolute Gasteiger partial charge is 0.345 e. The summed E-state index contributed by atoms with van der Waals surface area (Å²) in [6.07, 6.45) is 2.91. The second kappa shape index (κ2) is 9.31. The molecule has 3 rings (SSSR count). The molecule has 0 spiro atoms. The minimum absolute atomic E-state index is 0.0801. The van der Waals surface area contributed by atoms with Crippen molar-refractivity contribution in [2.75, 3.05) is 0 Å². The monoisotopic (exact) mass is 414 g/mol. The van der Waals surface area contributed by atoms with E-state index in [1.165, 1.54) is 5.56 Å². The smallest absolute Gasteiger partial charge is 0.255 e. The van der Waals surface area contributed by atoms with Crippen LogP contribution >= 0.6 is 23.2 Å². The van der Waals surface area contributed by atoms with Crippen LogP contribution in [0.5, 0.6) is 0 Å². The summed E-state index contributed by atoms with van der Waals surface area (Å²) in [5.74, 6) is -0.0801. The zero-order valence-electron chi connectivity index (χ0n) is 16.1. The van der Waals surface area contributed by atoms with Gasteiger partial charge in [-0.1, -0.05) is 60.5 Å². The number of benzene rings is 2. The third-order valence-corrected chi connectivity index (χ3v) is 5.54. The Morgan fingerprint density at radius 1 is 1.07 bits per heavy atom. The summed E-state index contributed by atoms with van der Waals surface area (Å²) in [5, 5.41) is 0.902. The number of carbonyl (C=O) groups excluding carboxylic acids is 1. The summed E-state index contributed by atoms with van der Waals surface area (Å²) < 4.78 is 2.18. The van der Waals surface area contributed by atoms with Gasteiger partial charge in [-0.3, -0.25) is 4.79 Å². The van der Waals surface area contributed by atoms with Crippen LogP contribution in [-0.4, -0.2) is 21.4 Å². The highest BCUT2D eigenvalue weighted by Gasteiger charge is 2.23. The normalized spacial score (nSPS) is 12.0. The van der Waals surface area contributed by atoms with E-state index < -0.39 is 0 Å². The number of hydrogen-bond acceptors (Lipinski definition) is 1. The molecule has 0 aliphatic rings. The highest BCUT2D eigenvalue weighted by molar-refractivity contribution is 6.36. The van der Waals surface area contributed by atoms with Crippen molar-refractivity contribution in [3.8, 4) is 0 Å². The summed E-state index contributed by atoms with van der Waals surface area (Å²) in [5.41, 5.74) is 2.79. The number of aromatic nitrogens is 1. The van der Waals surface area contributed by atoms with E-state index in [1.807, 2.05) is 29.2 Å². The molecule has 146 valence electrons. The molecule has 0 aliphatic heterocycles. The van der Waals surface area contributed by atoms with E-state index in [-0.39, 0.29) is 11.9 Å². The Labute approximate surface area is 176 Å². The fraction of sp³-hybridized carbons (Fsp3) is 0.261. The van der Waals surface area contributed by atoms with Crippen molar-refractivity contribution in [1.82, 2.24) is 9.47 Å². The first-order valence-corrected chi connectivity index (χ1v) is 10.2. The fourth-order valence-electron chi connectivity index (χ4n) is 3.17. The number of hydrogen-bond donors (Lipinski definition) is 0. The average molecular weight is 415 g/mol. The lowest BCUT2D eigenvalue weighted by atomic mass is 10.1. The highest BCUT2D eigenvalue weighted by Crippen LogP contribution is 2.24. The molecule has 0 N–H and O–H groups in total.